The lowest BCUT2D eigenvalue weighted by atomic mass is 9.80. The largest absolute Gasteiger partial charge is 0.351 e. The molecule has 0 aromatic heterocycles. The first kappa shape index (κ1) is 15.4. The SMILES string of the molecule is CC(CC(=O)NC(C)(C)CCN)C(C)(C)C. The molecule has 3 heteroatoms. The molecule has 16 heavy (non-hydrogen) atoms. The topological polar surface area (TPSA) is 55.1 Å². The Hall–Kier alpha value is -0.570. The number of amides is 1. The maximum atomic E-state index is 11.8. The number of nitrogens with two attached hydrogens (primary N) is 1. The van der Waals surface area contributed by atoms with Crippen molar-refractivity contribution in [3.05, 3.63) is 0 Å². The first-order chi connectivity index (χ1) is 7.08. The van der Waals surface area contributed by atoms with Crippen LogP contribution in [0.25, 0.3) is 0 Å². The third kappa shape index (κ3) is 6.11. The maximum absolute atomic E-state index is 11.8. The van der Waals surface area contributed by atoms with Gasteiger partial charge in [0.05, 0.1) is 0 Å². The molecular formula is C13H28N2O. The number of nitrogens with one attached hydrogen (secondary N) is 1. The van der Waals surface area contributed by atoms with Crippen LogP contribution in [0.4, 0.5) is 0 Å². The van der Waals surface area contributed by atoms with Crippen molar-refractivity contribution < 1.29 is 4.79 Å². The lowest BCUT2D eigenvalue weighted by molar-refractivity contribution is -0.124. The van der Waals surface area contributed by atoms with Crippen molar-refractivity contribution in [2.45, 2.75) is 59.9 Å². The van der Waals surface area contributed by atoms with Crippen molar-refractivity contribution in [3.8, 4) is 0 Å². The third-order valence-corrected chi connectivity index (χ3v) is 3.22. The van der Waals surface area contributed by atoms with Gasteiger partial charge in [-0.15, -0.1) is 0 Å². The predicted molar refractivity (Wildman–Crippen MR) is 69.1 cm³/mol. The Balaban J connectivity index is 4.19. The van der Waals surface area contributed by atoms with Crippen LogP contribution in [0.5, 0.6) is 0 Å². The molecule has 3 nitrogen and oxygen atoms in total. The van der Waals surface area contributed by atoms with E-state index in [-0.39, 0.29) is 16.9 Å². The molecule has 0 aromatic carbocycles. The number of hydrogen-bond acceptors (Lipinski definition) is 2. The van der Waals surface area contributed by atoms with Crippen LogP contribution < -0.4 is 11.1 Å². The fourth-order valence-corrected chi connectivity index (χ4v) is 1.44. The van der Waals surface area contributed by atoms with Gasteiger partial charge in [0.1, 0.15) is 0 Å². The monoisotopic (exact) mass is 228 g/mol. The van der Waals surface area contributed by atoms with Gasteiger partial charge in [0.25, 0.3) is 0 Å². The van der Waals surface area contributed by atoms with Gasteiger partial charge in [0.15, 0.2) is 0 Å². The highest BCUT2D eigenvalue weighted by Gasteiger charge is 2.25. The van der Waals surface area contributed by atoms with Crippen molar-refractivity contribution in [1.82, 2.24) is 5.32 Å². The van der Waals surface area contributed by atoms with Crippen LogP contribution >= 0.6 is 0 Å². The van der Waals surface area contributed by atoms with E-state index in [9.17, 15) is 4.79 Å². The lowest BCUT2D eigenvalue weighted by Crippen LogP contribution is -2.45. The summed E-state index contributed by atoms with van der Waals surface area (Å²) >= 11 is 0. The van der Waals surface area contributed by atoms with Crippen LogP contribution in [0.1, 0.15) is 54.4 Å². The molecule has 0 aliphatic heterocycles. The minimum atomic E-state index is -0.191. The Morgan fingerprint density at radius 2 is 1.75 bits per heavy atom. The van der Waals surface area contributed by atoms with Gasteiger partial charge in [0, 0.05) is 12.0 Å². The van der Waals surface area contributed by atoms with E-state index in [0.717, 1.165) is 6.42 Å². The van der Waals surface area contributed by atoms with E-state index in [1.807, 2.05) is 13.8 Å². The van der Waals surface area contributed by atoms with E-state index >= 15 is 0 Å². The number of rotatable bonds is 5. The lowest BCUT2D eigenvalue weighted by Gasteiger charge is -2.30. The molecule has 0 radical (unpaired) electrons. The second-order valence-electron chi connectivity index (χ2n) is 6.44. The Kier molecular flexibility index (Phi) is 5.47. The highest BCUT2D eigenvalue weighted by molar-refractivity contribution is 5.77. The zero-order valence-corrected chi connectivity index (χ0v) is 11.7. The average Bonchev–Trinajstić information content (AvgIpc) is 1.99. The number of hydrogen-bond donors (Lipinski definition) is 2. The van der Waals surface area contributed by atoms with Crippen LogP contribution in [0, 0.1) is 11.3 Å². The summed E-state index contributed by atoms with van der Waals surface area (Å²) in [4.78, 5) is 11.8. The standard InChI is InChI=1S/C13H28N2O/c1-10(12(2,3)4)9-11(16)15-13(5,6)7-8-14/h10H,7-9,14H2,1-6H3,(H,15,16). The molecule has 0 saturated heterocycles. The van der Waals surface area contributed by atoms with Crippen molar-refractivity contribution in [3.63, 3.8) is 0 Å². The highest BCUT2D eigenvalue weighted by atomic mass is 16.1. The molecule has 0 spiro atoms. The number of carbonyl (C=O) groups excluding carboxylic acids is 1. The van der Waals surface area contributed by atoms with E-state index in [1.54, 1.807) is 0 Å². The van der Waals surface area contributed by atoms with Crippen LogP contribution in [-0.4, -0.2) is 18.0 Å². The van der Waals surface area contributed by atoms with E-state index in [0.29, 0.717) is 18.9 Å². The molecule has 96 valence electrons. The molecule has 0 aliphatic carbocycles. The summed E-state index contributed by atoms with van der Waals surface area (Å²) in [6.45, 7) is 13.2. The van der Waals surface area contributed by atoms with Crippen LogP contribution in [0.2, 0.25) is 0 Å². The second-order valence-corrected chi connectivity index (χ2v) is 6.44. The molecule has 0 heterocycles. The van der Waals surface area contributed by atoms with E-state index in [4.69, 9.17) is 5.73 Å². The first-order valence-corrected chi connectivity index (χ1v) is 6.09. The van der Waals surface area contributed by atoms with Gasteiger partial charge in [-0.25, -0.2) is 0 Å². The molecule has 0 fully saturated rings. The molecule has 0 aromatic rings. The Morgan fingerprint density at radius 1 is 1.25 bits per heavy atom. The third-order valence-electron chi connectivity index (χ3n) is 3.22. The van der Waals surface area contributed by atoms with Gasteiger partial charge < -0.3 is 11.1 Å². The van der Waals surface area contributed by atoms with Gasteiger partial charge in [0.2, 0.25) is 5.91 Å². The summed E-state index contributed by atoms with van der Waals surface area (Å²) in [5, 5.41) is 3.04. The van der Waals surface area contributed by atoms with E-state index in [2.05, 4.69) is 33.0 Å². The van der Waals surface area contributed by atoms with Crippen LogP contribution in [0.3, 0.4) is 0 Å². The fraction of sp³-hybridized carbons (Fsp3) is 0.923. The van der Waals surface area contributed by atoms with Gasteiger partial charge >= 0.3 is 0 Å². The summed E-state index contributed by atoms with van der Waals surface area (Å²) in [5.41, 5.74) is 5.49. The normalized spacial score (nSPS) is 14.7. The van der Waals surface area contributed by atoms with Crippen molar-refractivity contribution >= 4 is 5.91 Å². The number of carbonyl (C=O) groups is 1. The van der Waals surface area contributed by atoms with E-state index in [1.165, 1.54) is 0 Å². The van der Waals surface area contributed by atoms with Gasteiger partial charge in [-0.1, -0.05) is 27.7 Å². The Labute approximate surface area is 100 Å². The quantitative estimate of drug-likeness (QED) is 0.758. The molecule has 0 aliphatic rings. The smallest absolute Gasteiger partial charge is 0.220 e. The van der Waals surface area contributed by atoms with Crippen molar-refractivity contribution in [1.29, 1.82) is 0 Å². The average molecular weight is 228 g/mol. The van der Waals surface area contributed by atoms with Crippen molar-refractivity contribution in [2.75, 3.05) is 6.54 Å². The summed E-state index contributed by atoms with van der Waals surface area (Å²) in [7, 11) is 0. The van der Waals surface area contributed by atoms with Crippen LogP contribution in [-0.2, 0) is 4.79 Å². The summed E-state index contributed by atoms with van der Waals surface area (Å²) in [5.74, 6) is 0.502. The highest BCUT2D eigenvalue weighted by Crippen LogP contribution is 2.28. The fourth-order valence-electron chi connectivity index (χ4n) is 1.44. The Bertz CT molecular complexity index is 229. The molecule has 1 amide bonds. The second kappa shape index (κ2) is 5.67. The summed E-state index contributed by atoms with van der Waals surface area (Å²) < 4.78 is 0. The molecular weight excluding hydrogens is 200 g/mol. The molecule has 3 N–H and O–H groups in total. The molecule has 0 rings (SSSR count). The minimum absolute atomic E-state index is 0.126. The predicted octanol–water partition coefficient (Wildman–Crippen LogP) is 2.30. The molecule has 1 atom stereocenters. The maximum Gasteiger partial charge on any atom is 0.220 e. The van der Waals surface area contributed by atoms with Gasteiger partial charge in [-0.3, -0.25) is 4.79 Å². The zero-order chi connectivity index (χ0) is 13.0. The molecule has 1 unspecified atom stereocenters. The summed E-state index contributed by atoms with van der Waals surface area (Å²) in [6, 6.07) is 0. The first-order valence-electron chi connectivity index (χ1n) is 6.09. The van der Waals surface area contributed by atoms with Gasteiger partial charge in [-0.05, 0) is 38.1 Å². The van der Waals surface area contributed by atoms with Crippen LogP contribution in [0.15, 0.2) is 0 Å². The summed E-state index contributed by atoms with van der Waals surface area (Å²) in [6.07, 6.45) is 1.39. The van der Waals surface area contributed by atoms with Crippen molar-refractivity contribution in [2.24, 2.45) is 17.1 Å². The van der Waals surface area contributed by atoms with Gasteiger partial charge in [-0.2, -0.15) is 0 Å². The Morgan fingerprint density at radius 3 is 2.12 bits per heavy atom. The minimum Gasteiger partial charge on any atom is -0.351 e. The van der Waals surface area contributed by atoms with E-state index < -0.39 is 0 Å². The zero-order valence-electron chi connectivity index (χ0n) is 11.7. The molecule has 0 saturated carbocycles. The molecule has 0 bridgehead atoms.